The van der Waals surface area contributed by atoms with Crippen LogP contribution in [0.5, 0.6) is 0 Å². The fourth-order valence-corrected chi connectivity index (χ4v) is 0.966. The molecule has 0 heterocycles. The molecular weight excluding hydrogens is 190 g/mol. The van der Waals surface area contributed by atoms with Crippen molar-refractivity contribution >= 4 is 5.91 Å². The van der Waals surface area contributed by atoms with Crippen LogP contribution in [0, 0.1) is 5.92 Å². The first-order chi connectivity index (χ1) is 6.84. The third-order valence-electron chi connectivity index (χ3n) is 2.75. The summed E-state index contributed by atoms with van der Waals surface area (Å²) in [6, 6.07) is 0.309. The number of amides is 1. The molecule has 1 amide bonds. The van der Waals surface area contributed by atoms with Gasteiger partial charge in [0.15, 0.2) is 0 Å². The van der Waals surface area contributed by atoms with Crippen LogP contribution in [0.4, 0.5) is 0 Å². The van der Waals surface area contributed by atoms with E-state index in [1.54, 1.807) is 0 Å². The summed E-state index contributed by atoms with van der Waals surface area (Å²) < 4.78 is 0. The minimum Gasteiger partial charge on any atom is -0.354 e. The van der Waals surface area contributed by atoms with Crippen LogP contribution in [0.1, 0.15) is 27.2 Å². The first-order valence-electron chi connectivity index (χ1n) is 5.53. The van der Waals surface area contributed by atoms with Gasteiger partial charge < -0.3 is 16.0 Å². The van der Waals surface area contributed by atoms with E-state index in [0.29, 0.717) is 24.9 Å². The zero-order chi connectivity index (χ0) is 12.0. The molecule has 0 aromatic rings. The highest BCUT2D eigenvalue weighted by Gasteiger charge is 2.13. The summed E-state index contributed by atoms with van der Waals surface area (Å²) in [5.41, 5.74) is 5.81. The monoisotopic (exact) mass is 215 g/mol. The molecule has 0 aromatic heterocycles. The second-order valence-corrected chi connectivity index (χ2v) is 4.73. The second-order valence-electron chi connectivity index (χ2n) is 4.73. The number of rotatable bonds is 6. The molecule has 0 fully saturated rings. The van der Waals surface area contributed by atoms with Crippen molar-refractivity contribution < 1.29 is 4.79 Å². The van der Waals surface area contributed by atoms with Crippen molar-refractivity contribution in [1.82, 2.24) is 10.2 Å². The molecule has 4 nitrogen and oxygen atoms in total. The number of carbonyl (C=O) groups excluding carboxylic acids is 1. The van der Waals surface area contributed by atoms with Crippen molar-refractivity contribution in [2.75, 3.05) is 20.6 Å². The smallest absolute Gasteiger partial charge is 0.221 e. The molecule has 4 heteroatoms. The first-order valence-corrected chi connectivity index (χ1v) is 5.53. The quantitative estimate of drug-likeness (QED) is 0.675. The second kappa shape index (κ2) is 6.80. The summed E-state index contributed by atoms with van der Waals surface area (Å²) >= 11 is 0. The summed E-state index contributed by atoms with van der Waals surface area (Å²) in [7, 11) is 3.99. The maximum absolute atomic E-state index is 11.5. The molecule has 0 radical (unpaired) electrons. The van der Waals surface area contributed by atoms with Gasteiger partial charge in [0.05, 0.1) is 0 Å². The predicted molar refractivity (Wildman–Crippen MR) is 63.6 cm³/mol. The highest BCUT2D eigenvalue weighted by Crippen LogP contribution is 2.02. The van der Waals surface area contributed by atoms with Crippen LogP contribution in [0.2, 0.25) is 0 Å². The molecule has 2 atom stereocenters. The topological polar surface area (TPSA) is 58.4 Å². The van der Waals surface area contributed by atoms with E-state index in [1.807, 2.05) is 27.9 Å². The zero-order valence-electron chi connectivity index (χ0n) is 10.6. The summed E-state index contributed by atoms with van der Waals surface area (Å²) in [5.74, 6) is 0.395. The van der Waals surface area contributed by atoms with Gasteiger partial charge >= 0.3 is 0 Å². The Morgan fingerprint density at radius 2 is 1.87 bits per heavy atom. The molecule has 0 aromatic carbocycles. The van der Waals surface area contributed by atoms with Gasteiger partial charge in [-0.1, -0.05) is 13.8 Å². The Bertz CT molecular complexity index is 192. The zero-order valence-corrected chi connectivity index (χ0v) is 10.6. The van der Waals surface area contributed by atoms with Crippen LogP contribution in [-0.4, -0.2) is 43.5 Å². The molecule has 0 saturated carbocycles. The van der Waals surface area contributed by atoms with Crippen LogP contribution in [0.15, 0.2) is 0 Å². The average molecular weight is 215 g/mol. The van der Waals surface area contributed by atoms with Crippen molar-refractivity contribution in [1.29, 1.82) is 0 Å². The fourth-order valence-electron chi connectivity index (χ4n) is 0.966. The third-order valence-corrected chi connectivity index (χ3v) is 2.75. The van der Waals surface area contributed by atoms with E-state index in [-0.39, 0.29) is 11.9 Å². The maximum Gasteiger partial charge on any atom is 0.221 e. The number of nitrogens with one attached hydrogen (secondary N) is 1. The lowest BCUT2D eigenvalue weighted by Gasteiger charge is -2.21. The Kier molecular flexibility index (Phi) is 6.52. The molecule has 2 unspecified atom stereocenters. The first kappa shape index (κ1) is 14.4. The lowest BCUT2D eigenvalue weighted by Crippen LogP contribution is -2.41. The van der Waals surface area contributed by atoms with Crippen LogP contribution < -0.4 is 11.1 Å². The van der Waals surface area contributed by atoms with Gasteiger partial charge in [-0.2, -0.15) is 0 Å². The van der Waals surface area contributed by atoms with Crippen LogP contribution >= 0.6 is 0 Å². The molecule has 0 rings (SSSR count). The highest BCUT2D eigenvalue weighted by atomic mass is 16.1. The van der Waals surface area contributed by atoms with Crippen molar-refractivity contribution in [3.63, 3.8) is 0 Å². The van der Waals surface area contributed by atoms with Crippen LogP contribution in [0.3, 0.4) is 0 Å². The normalized spacial score (nSPS) is 15.5. The molecule has 0 spiro atoms. The van der Waals surface area contributed by atoms with E-state index in [9.17, 15) is 4.79 Å². The predicted octanol–water partition coefficient (Wildman–Crippen LogP) is 0.426. The van der Waals surface area contributed by atoms with E-state index >= 15 is 0 Å². The summed E-state index contributed by atoms with van der Waals surface area (Å²) in [6.45, 7) is 6.81. The molecule has 15 heavy (non-hydrogen) atoms. The third kappa shape index (κ3) is 6.47. The van der Waals surface area contributed by atoms with Gasteiger partial charge in [-0.3, -0.25) is 4.79 Å². The minimum absolute atomic E-state index is 0.0420. The van der Waals surface area contributed by atoms with Crippen molar-refractivity contribution in [2.24, 2.45) is 11.7 Å². The van der Waals surface area contributed by atoms with Crippen molar-refractivity contribution in [3.8, 4) is 0 Å². The molecule has 0 saturated heterocycles. The van der Waals surface area contributed by atoms with Gasteiger partial charge in [0, 0.05) is 25.0 Å². The van der Waals surface area contributed by atoms with E-state index in [4.69, 9.17) is 5.73 Å². The number of nitrogens with zero attached hydrogens (tertiary/aromatic N) is 1. The standard InChI is InChI=1S/C11H25N3O/c1-8(2)10(12)6-11(15)13-7-9(3)14(4)5/h8-10H,6-7,12H2,1-5H3,(H,13,15). The van der Waals surface area contributed by atoms with Gasteiger partial charge in [0.1, 0.15) is 0 Å². The lowest BCUT2D eigenvalue weighted by molar-refractivity contribution is -0.121. The maximum atomic E-state index is 11.5. The van der Waals surface area contributed by atoms with Crippen molar-refractivity contribution in [3.05, 3.63) is 0 Å². The largest absolute Gasteiger partial charge is 0.354 e. The van der Waals surface area contributed by atoms with Gasteiger partial charge in [-0.15, -0.1) is 0 Å². The molecule has 0 bridgehead atoms. The summed E-state index contributed by atoms with van der Waals surface area (Å²) in [4.78, 5) is 13.5. The van der Waals surface area contributed by atoms with E-state index in [1.165, 1.54) is 0 Å². The highest BCUT2D eigenvalue weighted by molar-refractivity contribution is 5.76. The molecule has 90 valence electrons. The summed E-state index contributed by atoms with van der Waals surface area (Å²) in [5, 5.41) is 2.89. The number of hydrogen-bond donors (Lipinski definition) is 2. The number of likely N-dealkylation sites (N-methyl/N-ethyl adjacent to an activating group) is 1. The molecular formula is C11H25N3O. The van der Waals surface area contributed by atoms with Crippen molar-refractivity contribution in [2.45, 2.75) is 39.3 Å². The molecule has 0 aliphatic rings. The Morgan fingerprint density at radius 3 is 2.27 bits per heavy atom. The SMILES string of the molecule is CC(C)C(N)CC(=O)NCC(C)N(C)C. The van der Waals surface area contributed by atoms with Gasteiger partial charge in [-0.05, 0) is 26.9 Å². The van der Waals surface area contributed by atoms with E-state index in [0.717, 1.165) is 0 Å². The Labute approximate surface area is 93.2 Å². The lowest BCUT2D eigenvalue weighted by atomic mass is 10.0. The Balaban J connectivity index is 3.76. The molecule has 3 N–H and O–H groups in total. The van der Waals surface area contributed by atoms with Gasteiger partial charge in [0.2, 0.25) is 5.91 Å². The van der Waals surface area contributed by atoms with E-state index in [2.05, 4.69) is 17.1 Å². The summed E-state index contributed by atoms with van der Waals surface area (Å²) in [6.07, 6.45) is 0.414. The minimum atomic E-state index is -0.0420. The fraction of sp³-hybridized carbons (Fsp3) is 0.909. The Hall–Kier alpha value is -0.610. The number of carbonyl (C=O) groups is 1. The van der Waals surface area contributed by atoms with Crippen LogP contribution in [-0.2, 0) is 4.79 Å². The van der Waals surface area contributed by atoms with Gasteiger partial charge in [0.25, 0.3) is 0 Å². The van der Waals surface area contributed by atoms with Crippen LogP contribution in [0.25, 0.3) is 0 Å². The molecule has 0 aliphatic heterocycles. The number of hydrogen-bond acceptors (Lipinski definition) is 3. The van der Waals surface area contributed by atoms with Gasteiger partial charge in [-0.25, -0.2) is 0 Å². The molecule has 0 aliphatic carbocycles. The average Bonchev–Trinajstić information content (AvgIpc) is 2.13. The number of nitrogens with two attached hydrogens (primary N) is 1. The Morgan fingerprint density at radius 1 is 1.33 bits per heavy atom. The van der Waals surface area contributed by atoms with E-state index < -0.39 is 0 Å².